The molecular weight excluding hydrogens is 373 g/mol. The monoisotopic (exact) mass is 390 g/mol. The predicted octanol–water partition coefficient (Wildman–Crippen LogP) is 4.11. The van der Waals surface area contributed by atoms with E-state index in [4.69, 9.17) is 4.42 Å². The number of fused-ring (bicyclic) bond motifs is 1. The average Bonchev–Trinajstić information content (AvgIpc) is 3.11. The van der Waals surface area contributed by atoms with Crippen molar-refractivity contribution in [3.8, 4) is 11.5 Å². The predicted molar refractivity (Wildman–Crippen MR) is 95.6 cm³/mol. The zero-order valence-corrected chi connectivity index (χ0v) is 14.7. The second kappa shape index (κ2) is 6.94. The molecule has 0 bridgehead atoms. The molecule has 0 aliphatic carbocycles. The van der Waals surface area contributed by atoms with Gasteiger partial charge in [-0.1, -0.05) is 0 Å². The summed E-state index contributed by atoms with van der Waals surface area (Å²) < 4.78 is 43.7. The quantitative estimate of drug-likeness (QED) is 0.715. The van der Waals surface area contributed by atoms with Gasteiger partial charge in [0.25, 0.3) is 5.91 Å². The van der Waals surface area contributed by atoms with Crippen LogP contribution in [0.5, 0.6) is 0 Å². The number of hydrogen-bond acceptors (Lipinski definition) is 4. The van der Waals surface area contributed by atoms with Gasteiger partial charge in [0, 0.05) is 24.2 Å². The summed E-state index contributed by atoms with van der Waals surface area (Å²) in [6.07, 6.45) is -3.67. The molecule has 0 unspecified atom stereocenters. The Morgan fingerprint density at radius 3 is 2.43 bits per heavy atom. The second-order valence-electron chi connectivity index (χ2n) is 6.80. The molecule has 1 N–H and O–H groups in total. The van der Waals surface area contributed by atoms with Crippen LogP contribution < -0.4 is 0 Å². The summed E-state index contributed by atoms with van der Waals surface area (Å²) in [5.41, 5.74) is 1.03. The van der Waals surface area contributed by atoms with E-state index in [1.807, 2.05) is 0 Å². The molecule has 1 aliphatic heterocycles. The van der Waals surface area contributed by atoms with E-state index in [9.17, 15) is 23.1 Å². The number of piperidine rings is 1. The van der Waals surface area contributed by atoms with Gasteiger partial charge >= 0.3 is 6.18 Å². The van der Waals surface area contributed by atoms with Crippen molar-refractivity contribution in [1.82, 2.24) is 9.88 Å². The summed E-state index contributed by atoms with van der Waals surface area (Å²) in [6.45, 7) is 0.987. The van der Waals surface area contributed by atoms with Gasteiger partial charge in [-0.2, -0.15) is 13.2 Å². The molecular formula is C20H17F3N2O3. The fourth-order valence-electron chi connectivity index (χ4n) is 3.24. The number of likely N-dealkylation sites (tertiary alicyclic amines) is 1. The van der Waals surface area contributed by atoms with E-state index in [0.717, 1.165) is 12.1 Å². The largest absolute Gasteiger partial charge is 0.436 e. The molecule has 1 amide bonds. The average molecular weight is 390 g/mol. The lowest BCUT2D eigenvalue weighted by Gasteiger charge is -2.29. The van der Waals surface area contributed by atoms with E-state index in [2.05, 4.69) is 4.98 Å². The SMILES string of the molecule is O=C(c1ccc2oc(-c3ccc(C(F)(F)F)cc3)nc2c1)N1CCC(O)CC1. The first kappa shape index (κ1) is 18.5. The number of carbonyl (C=O) groups excluding carboxylic acids is 1. The van der Waals surface area contributed by atoms with Crippen molar-refractivity contribution in [1.29, 1.82) is 0 Å². The van der Waals surface area contributed by atoms with Crippen LogP contribution in [-0.2, 0) is 6.18 Å². The standard InChI is InChI=1S/C20H17F3N2O3/c21-20(22,23)14-4-1-12(2-5-14)18-24-16-11-13(3-6-17(16)28-18)19(27)25-9-7-15(26)8-10-25/h1-6,11,15,26H,7-10H2. The number of hydrogen-bond donors (Lipinski definition) is 1. The lowest BCUT2D eigenvalue weighted by molar-refractivity contribution is -0.137. The third-order valence-corrected chi connectivity index (χ3v) is 4.85. The highest BCUT2D eigenvalue weighted by Crippen LogP contribution is 2.32. The number of aliphatic hydroxyl groups excluding tert-OH is 1. The minimum Gasteiger partial charge on any atom is -0.436 e. The highest BCUT2D eigenvalue weighted by molar-refractivity contribution is 5.97. The number of aliphatic hydroxyl groups is 1. The Hall–Kier alpha value is -2.87. The zero-order valence-electron chi connectivity index (χ0n) is 14.7. The van der Waals surface area contributed by atoms with Crippen LogP contribution >= 0.6 is 0 Å². The van der Waals surface area contributed by atoms with E-state index < -0.39 is 11.7 Å². The van der Waals surface area contributed by atoms with Crippen LogP contribution in [0.1, 0.15) is 28.8 Å². The minimum atomic E-state index is -4.40. The number of alkyl halides is 3. The second-order valence-corrected chi connectivity index (χ2v) is 6.80. The number of aromatic nitrogens is 1. The topological polar surface area (TPSA) is 66.6 Å². The summed E-state index contributed by atoms with van der Waals surface area (Å²) >= 11 is 0. The molecule has 2 heterocycles. The van der Waals surface area contributed by atoms with Gasteiger partial charge in [0.1, 0.15) is 5.52 Å². The van der Waals surface area contributed by atoms with Gasteiger partial charge in [-0.3, -0.25) is 4.79 Å². The van der Waals surface area contributed by atoms with Gasteiger partial charge in [-0.25, -0.2) is 4.98 Å². The smallest absolute Gasteiger partial charge is 0.416 e. The van der Waals surface area contributed by atoms with Crippen LogP contribution in [0.2, 0.25) is 0 Å². The van der Waals surface area contributed by atoms with Crippen LogP contribution in [0.3, 0.4) is 0 Å². The summed E-state index contributed by atoms with van der Waals surface area (Å²) in [6, 6.07) is 9.43. The van der Waals surface area contributed by atoms with E-state index in [0.29, 0.717) is 48.2 Å². The number of amides is 1. The number of oxazole rings is 1. The van der Waals surface area contributed by atoms with Crippen LogP contribution in [0.25, 0.3) is 22.6 Å². The third-order valence-electron chi connectivity index (χ3n) is 4.85. The molecule has 0 atom stereocenters. The molecule has 8 heteroatoms. The maximum absolute atomic E-state index is 12.7. The first-order valence-electron chi connectivity index (χ1n) is 8.87. The summed E-state index contributed by atoms with van der Waals surface area (Å²) in [7, 11) is 0. The Morgan fingerprint density at radius 2 is 1.79 bits per heavy atom. The lowest BCUT2D eigenvalue weighted by atomic mass is 10.1. The molecule has 0 spiro atoms. The van der Waals surface area contributed by atoms with E-state index in [1.165, 1.54) is 12.1 Å². The fourth-order valence-corrected chi connectivity index (χ4v) is 3.24. The molecule has 4 rings (SSSR count). The van der Waals surface area contributed by atoms with Crippen molar-refractivity contribution < 1.29 is 27.5 Å². The maximum Gasteiger partial charge on any atom is 0.416 e. The van der Waals surface area contributed by atoms with E-state index >= 15 is 0 Å². The van der Waals surface area contributed by atoms with Crippen LogP contribution in [0.15, 0.2) is 46.9 Å². The Balaban J connectivity index is 1.59. The first-order valence-corrected chi connectivity index (χ1v) is 8.87. The lowest BCUT2D eigenvalue weighted by Crippen LogP contribution is -2.40. The van der Waals surface area contributed by atoms with Gasteiger partial charge in [-0.15, -0.1) is 0 Å². The van der Waals surface area contributed by atoms with Crippen molar-refractivity contribution >= 4 is 17.0 Å². The Bertz CT molecular complexity index is 1000. The normalized spacial score (nSPS) is 15.9. The number of benzene rings is 2. The van der Waals surface area contributed by atoms with Crippen LogP contribution in [0.4, 0.5) is 13.2 Å². The third kappa shape index (κ3) is 3.60. The molecule has 5 nitrogen and oxygen atoms in total. The molecule has 2 aromatic carbocycles. The number of halogens is 3. The summed E-state index contributed by atoms with van der Waals surface area (Å²) in [5, 5.41) is 9.57. The molecule has 3 aromatic rings. The zero-order chi connectivity index (χ0) is 19.9. The molecule has 146 valence electrons. The molecule has 1 aliphatic rings. The Labute approximate surface area is 158 Å². The molecule has 1 fully saturated rings. The Morgan fingerprint density at radius 1 is 1.11 bits per heavy atom. The number of carbonyl (C=O) groups is 1. The molecule has 1 saturated heterocycles. The van der Waals surface area contributed by atoms with Gasteiger partial charge in [0.05, 0.1) is 11.7 Å². The minimum absolute atomic E-state index is 0.145. The number of nitrogens with zero attached hydrogens (tertiary/aromatic N) is 2. The van der Waals surface area contributed by atoms with Crippen molar-refractivity contribution in [2.24, 2.45) is 0 Å². The number of rotatable bonds is 2. The Kier molecular flexibility index (Phi) is 4.58. The van der Waals surface area contributed by atoms with Crippen LogP contribution in [0, 0.1) is 0 Å². The summed E-state index contributed by atoms with van der Waals surface area (Å²) in [4.78, 5) is 18.6. The first-order chi connectivity index (χ1) is 13.3. The molecule has 0 saturated carbocycles. The summed E-state index contributed by atoms with van der Waals surface area (Å²) in [5.74, 6) is 0.0438. The van der Waals surface area contributed by atoms with E-state index in [-0.39, 0.29) is 17.9 Å². The molecule has 0 radical (unpaired) electrons. The van der Waals surface area contributed by atoms with E-state index in [1.54, 1.807) is 23.1 Å². The van der Waals surface area contributed by atoms with Crippen LogP contribution in [-0.4, -0.2) is 40.1 Å². The van der Waals surface area contributed by atoms with Crippen molar-refractivity contribution in [3.05, 3.63) is 53.6 Å². The molecule has 1 aromatic heterocycles. The van der Waals surface area contributed by atoms with Crippen molar-refractivity contribution in [2.75, 3.05) is 13.1 Å². The maximum atomic E-state index is 12.7. The van der Waals surface area contributed by atoms with Gasteiger partial charge < -0.3 is 14.4 Å². The van der Waals surface area contributed by atoms with Crippen molar-refractivity contribution in [3.63, 3.8) is 0 Å². The highest BCUT2D eigenvalue weighted by atomic mass is 19.4. The molecule has 28 heavy (non-hydrogen) atoms. The van der Waals surface area contributed by atoms with Crippen molar-refractivity contribution in [2.45, 2.75) is 25.1 Å². The van der Waals surface area contributed by atoms with Gasteiger partial charge in [0.2, 0.25) is 5.89 Å². The fraction of sp³-hybridized carbons (Fsp3) is 0.300. The highest BCUT2D eigenvalue weighted by Gasteiger charge is 2.30. The van der Waals surface area contributed by atoms with Gasteiger partial charge in [-0.05, 0) is 55.3 Å². The van der Waals surface area contributed by atoms with Gasteiger partial charge in [0.15, 0.2) is 5.58 Å².